The first kappa shape index (κ1) is 15.7. The maximum absolute atomic E-state index is 11.3. The van der Waals surface area contributed by atoms with E-state index in [2.05, 4.69) is 0 Å². The van der Waals surface area contributed by atoms with Gasteiger partial charge in [-0.15, -0.1) is 0 Å². The maximum Gasteiger partial charge on any atom is 0.336 e. The molecule has 1 aromatic carbocycles. The van der Waals surface area contributed by atoms with E-state index in [1.165, 1.54) is 0 Å². The van der Waals surface area contributed by atoms with Crippen LogP contribution in [0.4, 0.5) is 17.1 Å². The molecule has 118 valence electrons. The van der Waals surface area contributed by atoms with Gasteiger partial charge in [-0.1, -0.05) is 12.8 Å². The van der Waals surface area contributed by atoms with Gasteiger partial charge in [-0.05, 0) is 12.8 Å². The van der Waals surface area contributed by atoms with Crippen molar-refractivity contribution in [3.63, 3.8) is 0 Å². The number of aromatic carboxylic acids is 1. The highest BCUT2D eigenvalue weighted by molar-refractivity contribution is 5.92. The van der Waals surface area contributed by atoms with E-state index < -0.39 is 32.8 Å². The Morgan fingerprint density at radius 3 is 1.82 bits per heavy atom. The lowest BCUT2D eigenvalue weighted by atomic mass is 10.1. The van der Waals surface area contributed by atoms with Crippen molar-refractivity contribution in [2.45, 2.75) is 25.7 Å². The van der Waals surface area contributed by atoms with E-state index in [4.69, 9.17) is 5.11 Å². The Hall–Kier alpha value is -2.71. The molecule has 1 aliphatic rings. The van der Waals surface area contributed by atoms with Gasteiger partial charge in [0.15, 0.2) is 5.69 Å². The van der Waals surface area contributed by atoms with E-state index in [9.17, 15) is 25.0 Å². The molecule has 0 saturated carbocycles. The van der Waals surface area contributed by atoms with Crippen molar-refractivity contribution in [3.05, 3.63) is 37.9 Å². The van der Waals surface area contributed by atoms with Gasteiger partial charge in [-0.2, -0.15) is 0 Å². The second-order valence-corrected chi connectivity index (χ2v) is 5.08. The largest absolute Gasteiger partial charge is 0.478 e. The summed E-state index contributed by atoms with van der Waals surface area (Å²) in [6.07, 6.45) is 3.50. The fourth-order valence-electron chi connectivity index (χ4n) is 2.62. The first-order valence-electron chi connectivity index (χ1n) is 6.87. The molecule has 0 aliphatic carbocycles. The third kappa shape index (κ3) is 3.13. The molecule has 1 aliphatic heterocycles. The number of hydrogen-bond acceptors (Lipinski definition) is 6. The van der Waals surface area contributed by atoms with Gasteiger partial charge in [-0.3, -0.25) is 20.2 Å². The van der Waals surface area contributed by atoms with E-state index in [1.54, 1.807) is 4.90 Å². The summed E-state index contributed by atoms with van der Waals surface area (Å²) in [5, 5.41) is 31.5. The molecule has 0 amide bonds. The van der Waals surface area contributed by atoms with Gasteiger partial charge < -0.3 is 10.0 Å². The topological polar surface area (TPSA) is 127 Å². The molecule has 9 heteroatoms. The van der Waals surface area contributed by atoms with Crippen molar-refractivity contribution in [1.82, 2.24) is 0 Å². The standard InChI is InChI=1S/C13H15N3O6/c17-13(18)9-7-10(15(19)20)12(11(8-9)16(21)22)14-5-3-1-2-4-6-14/h7-8H,1-6H2,(H,17,18). The van der Waals surface area contributed by atoms with Crippen LogP contribution in [0.3, 0.4) is 0 Å². The summed E-state index contributed by atoms with van der Waals surface area (Å²) in [6.45, 7) is 0.961. The molecule has 0 atom stereocenters. The maximum atomic E-state index is 11.3. The van der Waals surface area contributed by atoms with Crippen molar-refractivity contribution in [1.29, 1.82) is 0 Å². The average molecular weight is 309 g/mol. The Balaban J connectivity index is 2.64. The van der Waals surface area contributed by atoms with Crippen LogP contribution in [0.25, 0.3) is 0 Å². The molecule has 0 aromatic heterocycles. The van der Waals surface area contributed by atoms with Crippen LogP contribution in [-0.4, -0.2) is 34.0 Å². The van der Waals surface area contributed by atoms with E-state index in [1.807, 2.05) is 0 Å². The first-order chi connectivity index (χ1) is 10.4. The lowest BCUT2D eigenvalue weighted by Gasteiger charge is -2.22. The molecule has 2 rings (SSSR count). The van der Waals surface area contributed by atoms with E-state index in [0.717, 1.165) is 37.8 Å². The van der Waals surface area contributed by atoms with E-state index in [0.29, 0.717) is 13.1 Å². The summed E-state index contributed by atoms with van der Waals surface area (Å²) >= 11 is 0. The summed E-state index contributed by atoms with van der Waals surface area (Å²) in [4.78, 5) is 33.7. The highest BCUT2D eigenvalue weighted by Gasteiger charge is 2.32. The zero-order chi connectivity index (χ0) is 16.3. The zero-order valence-corrected chi connectivity index (χ0v) is 11.7. The number of carboxylic acids is 1. The monoisotopic (exact) mass is 309 g/mol. The molecule has 1 heterocycles. The minimum Gasteiger partial charge on any atom is -0.478 e. The van der Waals surface area contributed by atoms with Crippen LogP contribution in [0.1, 0.15) is 36.0 Å². The van der Waals surface area contributed by atoms with Crippen LogP contribution in [0.15, 0.2) is 12.1 Å². The number of carboxylic acid groups (broad SMARTS) is 1. The SMILES string of the molecule is O=C(O)c1cc([N+](=O)[O-])c(N2CCCCCC2)c([N+](=O)[O-])c1. The Morgan fingerprint density at radius 1 is 1.00 bits per heavy atom. The molecular formula is C13H15N3O6. The number of hydrogen-bond donors (Lipinski definition) is 1. The van der Waals surface area contributed by atoms with E-state index >= 15 is 0 Å². The quantitative estimate of drug-likeness (QED) is 0.668. The van der Waals surface area contributed by atoms with Gasteiger partial charge in [0.2, 0.25) is 0 Å². The molecular weight excluding hydrogens is 294 g/mol. The smallest absolute Gasteiger partial charge is 0.336 e. The Morgan fingerprint density at radius 2 is 1.45 bits per heavy atom. The van der Waals surface area contributed by atoms with Crippen molar-refractivity contribution in [3.8, 4) is 0 Å². The molecule has 1 N–H and O–H groups in total. The van der Waals surface area contributed by atoms with Crippen LogP contribution in [0.5, 0.6) is 0 Å². The number of benzene rings is 1. The zero-order valence-electron chi connectivity index (χ0n) is 11.7. The molecule has 0 radical (unpaired) electrons. The third-order valence-electron chi connectivity index (χ3n) is 3.63. The second kappa shape index (κ2) is 6.37. The van der Waals surface area contributed by atoms with Crippen LogP contribution in [0, 0.1) is 20.2 Å². The van der Waals surface area contributed by atoms with Crippen molar-refractivity contribution < 1.29 is 19.7 Å². The van der Waals surface area contributed by atoms with Crippen molar-refractivity contribution in [2.24, 2.45) is 0 Å². The number of carbonyl (C=O) groups is 1. The van der Waals surface area contributed by atoms with Crippen LogP contribution in [0.2, 0.25) is 0 Å². The number of nitrogens with zero attached hydrogens (tertiary/aromatic N) is 3. The fraction of sp³-hybridized carbons (Fsp3) is 0.462. The summed E-state index contributed by atoms with van der Waals surface area (Å²) in [6, 6.07) is 1.77. The fourth-order valence-corrected chi connectivity index (χ4v) is 2.62. The molecule has 0 unspecified atom stereocenters. The van der Waals surface area contributed by atoms with Crippen molar-refractivity contribution in [2.75, 3.05) is 18.0 Å². The highest BCUT2D eigenvalue weighted by atomic mass is 16.6. The summed E-state index contributed by atoms with van der Waals surface area (Å²) in [5.41, 5.74) is -1.62. The Bertz CT molecular complexity index is 587. The Kier molecular flexibility index (Phi) is 4.54. The van der Waals surface area contributed by atoms with Crippen LogP contribution >= 0.6 is 0 Å². The minimum atomic E-state index is -1.44. The second-order valence-electron chi connectivity index (χ2n) is 5.08. The third-order valence-corrected chi connectivity index (χ3v) is 3.63. The molecule has 1 fully saturated rings. The first-order valence-corrected chi connectivity index (χ1v) is 6.87. The molecule has 22 heavy (non-hydrogen) atoms. The molecule has 0 spiro atoms. The predicted molar refractivity (Wildman–Crippen MR) is 77.4 cm³/mol. The molecule has 1 saturated heterocycles. The van der Waals surface area contributed by atoms with Gasteiger partial charge in [0, 0.05) is 25.2 Å². The van der Waals surface area contributed by atoms with Gasteiger partial charge in [-0.25, -0.2) is 4.79 Å². The average Bonchev–Trinajstić information content (AvgIpc) is 2.74. The normalized spacial score (nSPS) is 15.2. The van der Waals surface area contributed by atoms with Crippen LogP contribution in [-0.2, 0) is 0 Å². The minimum absolute atomic E-state index is 0.0955. The summed E-state index contributed by atoms with van der Waals surface area (Å²) in [5.74, 6) is -1.44. The predicted octanol–water partition coefficient (Wildman–Crippen LogP) is 2.58. The number of nitro groups is 2. The number of anilines is 1. The molecule has 0 bridgehead atoms. The molecule has 1 aromatic rings. The lowest BCUT2D eigenvalue weighted by molar-refractivity contribution is -0.392. The lowest BCUT2D eigenvalue weighted by Crippen LogP contribution is -2.26. The van der Waals surface area contributed by atoms with Gasteiger partial charge >= 0.3 is 17.3 Å². The highest BCUT2D eigenvalue weighted by Crippen LogP contribution is 2.39. The summed E-state index contributed by atoms with van der Waals surface area (Å²) in [7, 11) is 0. The summed E-state index contributed by atoms with van der Waals surface area (Å²) < 4.78 is 0. The van der Waals surface area contributed by atoms with Gasteiger partial charge in [0.25, 0.3) is 0 Å². The number of nitro benzene ring substituents is 2. The van der Waals surface area contributed by atoms with E-state index in [-0.39, 0.29) is 5.69 Å². The van der Waals surface area contributed by atoms with Gasteiger partial charge in [0.1, 0.15) is 0 Å². The van der Waals surface area contributed by atoms with Crippen molar-refractivity contribution >= 4 is 23.0 Å². The Labute approximate surface area is 125 Å². The van der Waals surface area contributed by atoms with Gasteiger partial charge in [0.05, 0.1) is 15.4 Å². The molecule has 9 nitrogen and oxygen atoms in total. The van der Waals surface area contributed by atoms with Crippen LogP contribution < -0.4 is 4.90 Å². The number of rotatable bonds is 4.